The summed E-state index contributed by atoms with van der Waals surface area (Å²) in [5.41, 5.74) is 23.2. The molecule has 0 saturated carbocycles. The Labute approximate surface area is 363 Å². The molecular formula is C61H41N. The lowest BCUT2D eigenvalue weighted by atomic mass is 9.70. The molecule has 0 N–H and O–H groups in total. The van der Waals surface area contributed by atoms with E-state index in [1.54, 1.807) is 0 Å². The SMILES string of the molecule is c1ccc(-c2ccc(N(c3ccc(-c4cccc5c4-c4ccccc4C54c5ccccc5-c5ccccc54)cc3)c3ccc(-c4ccccc4)cc3-c3ccccc3)cc2)cc1. The first kappa shape index (κ1) is 35.9. The van der Waals surface area contributed by atoms with Crippen molar-refractivity contribution in [3.63, 3.8) is 0 Å². The summed E-state index contributed by atoms with van der Waals surface area (Å²) < 4.78 is 0. The lowest BCUT2D eigenvalue weighted by Crippen LogP contribution is -2.25. The topological polar surface area (TPSA) is 3.24 Å². The number of hydrogen-bond acceptors (Lipinski definition) is 1. The van der Waals surface area contributed by atoms with Crippen LogP contribution in [0.25, 0.3) is 66.8 Å². The standard InChI is InChI=1S/C61H41N/c1-4-17-42(18-5-1)44-31-36-48(37-32-44)62(59-40-35-47(43-19-6-2-7-20-43)41-54(59)45-21-8-3-9-22-45)49-38-33-46(34-39-49)50-26-16-30-58-60(50)53-25-12-15-29-57(53)61(58)55-27-13-10-23-51(55)52-24-11-14-28-56(52)61/h1-41H. The van der Waals surface area contributed by atoms with Crippen molar-refractivity contribution in [1.29, 1.82) is 0 Å². The van der Waals surface area contributed by atoms with Crippen LogP contribution in [0.4, 0.5) is 17.1 Å². The van der Waals surface area contributed by atoms with Crippen molar-refractivity contribution in [2.24, 2.45) is 0 Å². The number of anilines is 3. The molecule has 2 aliphatic carbocycles. The van der Waals surface area contributed by atoms with Crippen LogP contribution in [0, 0.1) is 0 Å². The van der Waals surface area contributed by atoms with Crippen molar-refractivity contribution in [3.8, 4) is 66.8 Å². The van der Waals surface area contributed by atoms with E-state index in [1.807, 2.05) is 0 Å². The third-order valence-electron chi connectivity index (χ3n) is 13.1. The Bertz CT molecular complexity index is 3210. The van der Waals surface area contributed by atoms with Gasteiger partial charge >= 0.3 is 0 Å². The van der Waals surface area contributed by atoms with Gasteiger partial charge in [-0.15, -0.1) is 0 Å². The van der Waals surface area contributed by atoms with Gasteiger partial charge in [0.25, 0.3) is 0 Å². The highest BCUT2D eigenvalue weighted by Crippen LogP contribution is 2.64. The van der Waals surface area contributed by atoms with Gasteiger partial charge in [-0.1, -0.05) is 212 Å². The largest absolute Gasteiger partial charge is 0.310 e. The fraction of sp³-hybridized carbons (Fsp3) is 0.0164. The number of nitrogens with zero attached hydrogens (tertiary/aromatic N) is 1. The molecule has 0 amide bonds. The second-order valence-electron chi connectivity index (χ2n) is 16.4. The van der Waals surface area contributed by atoms with Crippen LogP contribution in [-0.4, -0.2) is 0 Å². The molecule has 2 aliphatic rings. The summed E-state index contributed by atoms with van der Waals surface area (Å²) in [5.74, 6) is 0. The smallest absolute Gasteiger partial charge is 0.0725 e. The maximum absolute atomic E-state index is 2.42. The average Bonchev–Trinajstić information content (AvgIpc) is 3.83. The lowest BCUT2D eigenvalue weighted by molar-refractivity contribution is 0.794. The molecule has 0 aromatic heterocycles. The maximum Gasteiger partial charge on any atom is 0.0725 e. The van der Waals surface area contributed by atoms with Gasteiger partial charge in [0.2, 0.25) is 0 Å². The molecule has 0 heterocycles. The van der Waals surface area contributed by atoms with Gasteiger partial charge in [0.15, 0.2) is 0 Å². The predicted octanol–water partition coefficient (Wildman–Crippen LogP) is 16.2. The first-order chi connectivity index (χ1) is 30.8. The molecule has 12 rings (SSSR count). The molecular weight excluding hydrogens is 747 g/mol. The van der Waals surface area contributed by atoms with Gasteiger partial charge in [-0.25, -0.2) is 0 Å². The first-order valence-electron chi connectivity index (χ1n) is 21.5. The van der Waals surface area contributed by atoms with Gasteiger partial charge in [-0.3, -0.25) is 0 Å². The minimum Gasteiger partial charge on any atom is -0.310 e. The van der Waals surface area contributed by atoms with E-state index >= 15 is 0 Å². The van der Waals surface area contributed by atoms with Crippen LogP contribution in [-0.2, 0) is 5.41 Å². The number of rotatable bonds is 7. The zero-order valence-electron chi connectivity index (χ0n) is 34.1. The molecule has 290 valence electrons. The molecule has 62 heavy (non-hydrogen) atoms. The van der Waals surface area contributed by atoms with Crippen molar-refractivity contribution in [2.45, 2.75) is 5.41 Å². The first-order valence-corrected chi connectivity index (χ1v) is 21.5. The van der Waals surface area contributed by atoms with Gasteiger partial charge in [0, 0.05) is 16.9 Å². The molecule has 1 spiro atoms. The Hall–Kier alpha value is -8.00. The van der Waals surface area contributed by atoms with Gasteiger partial charge in [0.1, 0.15) is 0 Å². The van der Waals surface area contributed by atoms with Crippen LogP contribution in [0.5, 0.6) is 0 Å². The summed E-state index contributed by atoms with van der Waals surface area (Å²) in [6.45, 7) is 0. The number of fused-ring (bicyclic) bond motifs is 10. The van der Waals surface area contributed by atoms with Crippen molar-refractivity contribution in [3.05, 3.63) is 271 Å². The fourth-order valence-electron chi connectivity index (χ4n) is 10.4. The third kappa shape index (κ3) is 5.56. The molecule has 10 aromatic carbocycles. The fourth-order valence-corrected chi connectivity index (χ4v) is 10.4. The highest BCUT2D eigenvalue weighted by molar-refractivity contribution is 6.00. The highest BCUT2D eigenvalue weighted by Gasteiger charge is 2.51. The van der Waals surface area contributed by atoms with Crippen LogP contribution < -0.4 is 4.90 Å². The van der Waals surface area contributed by atoms with Crippen LogP contribution in [0.2, 0.25) is 0 Å². The van der Waals surface area contributed by atoms with Crippen molar-refractivity contribution in [1.82, 2.24) is 0 Å². The van der Waals surface area contributed by atoms with E-state index in [-0.39, 0.29) is 5.41 Å². The molecule has 1 heteroatoms. The predicted molar refractivity (Wildman–Crippen MR) is 259 cm³/mol. The molecule has 0 radical (unpaired) electrons. The molecule has 0 saturated heterocycles. The average molecular weight is 788 g/mol. The van der Waals surface area contributed by atoms with Crippen LogP contribution in [0.3, 0.4) is 0 Å². The molecule has 10 aromatic rings. The van der Waals surface area contributed by atoms with E-state index in [9.17, 15) is 0 Å². The zero-order valence-corrected chi connectivity index (χ0v) is 34.1. The molecule has 0 aliphatic heterocycles. The molecule has 0 unspecified atom stereocenters. The van der Waals surface area contributed by atoms with Crippen LogP contribution in [0.1, 0.15) is 22.3 Å². The summed E-state index contributed by atoms with van der Waals surface area (Å²) >= 11 is 0. The number of benzene rings is 10. The second kappa shape index (κ2) is 14.6. The molecule has 0 fully saturated rings. The Kier molecular flexibility index (Phi) is 8.47. The molecule has 1 nitrogen and oxygen atoms in total. The maximum atomic E-state index is 2.42. The van der Waals surface area contributed by atoms with Crippen molar-refractivity contribution in [2.75, 3.05) is 4.90 Å². The second-order valence-corrected chi connectivity index (χ2v) is 16.4. The quantitative estimate of drug-likeness (QED) is 0.155. The Morgan fingerprint density at radius 3 is 1.21 bits per heavy atom. The van der Waals surface area contributed by atoms with Crippen LogP contribution in [0.15, 0.2) is 249 Å². The molecule has 0 atom stereocenters. The number of hydrogen-bond donors (Lipinski definition) is 0. The van der Waals surface area contributed by atoms with E-state index in [1.165, 1.54) is 89.0 Å². The Morgan fingerprint density at radius 1 is 0.242 bits per heavy atom. The molecule has 0 bridgehead atoms. The normalized spacial score (nSPS) is 12.6. The minimum atomic E-state index is -0.377. The van der Waals surface area contributed by atoms with E-state index in [0.717, 1.165) is 17.1 Å². The summed E-state index contributed by atoms with van der Waals surface area (Å²) in [5, 5.41) is 0. The Morgan fingerprint density at radius 2 is 0.629 bits per heavy atom. The van der Waals surface area contributed by atoms with Crippen LogP contribution >= 0.6 is 0 Å². The summed E-state index contributed by atoms with van der Waals surface area (Å²) in [4.78, 5) is 2.42. The van der Waals surface area contributed by atoms with Gasteiger partial charge in [0.05, 0.1) is 11.1 Å². The monoisotopic (exact) mass is 787 g/mol. The van der Waals surface area contributed by atoms with Gasteiger partial charge < -0.3 is 4.90 Å². The summed E-state index contributed by atoms with van der Waals surface area (Å²) in [7, 11) is 0. The zero-order chi connectivity index (χ0) is 41.0. The van der Waals surface area contributed by atoms with Gasteiger partial charge in [-0.05, 0) is 120 Å². The highest BCUT2D eigenvalue weighted by atomic mass is 15.1. The van der Waals surface area contributed by atoms with Gasteiger partial charge in [-0.2, -0.15) is 0 Å². The minimum absolute atomic E-state index is 0.377. The Balaban J connectivity index is 1.02. The lowest BCUT2D eigenvalue weighted by Gasteiger charge is -2.30. The van der Waals surface area contributed by atoms with Crippen molar-refractivity contribution >= 4 is 17.1 Å². The van der Waals surface area contributed by atoms with E-state index < -0.39 is 0 Å². The van der Waals surface area contributed by atoms with E-state index in [2.05, 4.69) is 254 Å². The summed E-state index contributed by atoms with van der Waals surface area (Å²) in [6, 6.07) is 91.3. The van der Waals surface area contributed by atoms with Crippen molar-refractivity contribution < 1.29 is 0 Å². The summed E-state index contributed by atoms with van der Waals surface area (Å²) in [6.07, 6.45) is 0. The van der Waals surface area contributed by atoms with E-state index in [4.69, 9.17) is 0 Å². The third-order valence-corrected chi connectivity index (χ3v) is 13.1. The van der Waals surface area contributed by atoms with E-state index in [0.29, 0.717) is 0 Å².